The number of rotatable bonds is 5. The SMILES string of the molecule is Cc1nnnn1-c1cc(NC(=O)c2ccccc2Oc2ccccc2)ccc1F. The van der Waals surface area contributed by atoms with Gasteiger partial charge < -0.3 is 10.1 Å². The number of amides is 1. The number of ether oxygens (including phenoxy) is 1. The molecule has 0 aliphatic rings. The van der Waals surface area contributed by atoms with Crippen LogP contribution in [0.1, 0.15) is 16.2 Å². The molecule has 144 valence electrons. The maximum absolute atomic E-state index is 14.2. The first-order chi connectivity index (χ1) is 14.1. The summed E-state index contributed by atoms with van der Waals surface area (Å²) in [7, 11) is 0. The van der Waals surface area contributed by atoms with Crippen molar-refractivity contribution in [3.8, 4) is 17.2 Å². The summed E-state index contributed by atoms with van der Waals surface area (Å²) >= 11 is 0. The van der Waals surface area contributed by atoms with Gasteiger partial charge in [-0.05, 0) is 59.8 Å². The standard InChI is InChI=1S/C21H16FN5O2/c1-14-24-25-26-27(14)19-13-15(11-12-18(19)22)23-21(28)17-9-5-6-10-20(17)29-16-7-3-2-4-8-16/h2-13H,1H3,(H,23,28). The van der Waals surface area contributed by atoms with Crippen LogP contribution in [-0.2, 0) is 0 Å². The number of hydrogen-bond acceptors (Lipinski definition) is 5. The Balaban J connectivity index is 1.60. The molecule has 29 heavy (non-hydrogen) atoms. The van der Waals surface area contributed by atoms with Gasteiger partial charge in [0.2, 0.25) is 0 Å². The molecule has 1 amide bonds. The number of aromatic nitrogens is 4. The molecule has 0 aliphatic heterocycles. The van der Waals surface area contributed by atoms with Gasteiger partial charge in [-0.25, -0.2) is 4.39 Å². The van der Waals surface area contributed by atoms with E-state index >= 15 is 0 Å². The molecule has 0 radical (unpaired) electrons. The van der Waals surface area contributed by atoms with Crippen molar-refractivity contribution in [3.63, 3.8) is 0 Å². The van der Waals surface area contributed by atoms with Gasteiger partial charge in [0.1, 0.15) is 23.0 Å². The van der Waals surface area contributed by atoms with Crippen LogP contribution in [-0.4, -0.2) is 26.1 Å². The zero-order chi connectivity index (χ0) is 20.2. The molecule has 1 heterocycles. The first-order valence-corrected chi connectivity index (χ1v) is 8.80. The predicted molar refractivity (Wildman–Crippen MR) is 105 cm³/mol. The Labute approximate surface area is 165 Å². The van der Waals surface area contributed by atoms with Crippen molar-refractivity contribution in [2.75, 3.05) is 5.32 Å². The van der Waals surface area contributed by atoms with Crippen molar-refractivity contribution in [1.82, 2.24) is 20.2 Å². The molecule has 0 bridgehead atoms. The summed E-state index contributed by atoms with van der Waals surface area (Å²) in [6.45, 7) is 1.65. The third-order valence-corrected chi connectivity index (χ3v) is 4.16. The monoisotopic (exact) mass is 389 g/mol. The molecule has 0 atom stereocenters. The topological polar surface area (TPSA) is 81.9 Å². The number of tetrazole rings is 1. The minimum atomic E-state index is -0.508. The number of carbonyl (C=O) groups excluding carboxylic acids is 1. The van der Waals surface area contributed by atoms with Crippen molar-refractivity contribution < 1.29 is 13.9 Å². The van der Waals surface area contributed by atoms with Gasteiger partial charge in [0.25, 0.3) is 5.91 Å². The Morgan fingerprint density at radius 3 is 2.55 bits per heavy atom. The Hall–Kier alpha value is -4.07. The van der Waals surface area contributed by atoms with Crippen LogP contribution in [0.5, 0.6) is 11.5 Å². The van der Waals surface area contributed by atoms with E-state index in [1.807, 2.05) is 18.2 Å². The van der Waals surface area contributed by atoms with Gasteiger partial charge >= 0.3 is 0 Å². The van der Waals surface area contributed by atoms with Crippen molar-refractivity contribution in [2.24, 2.45) is 0 Å². The fourth-order valence-electron chi connectivity index (χ4n) is 2.76. The van der Waals surface area contributed by atoms with Gasteiger partial charge in [-0.15, -0.1) is 5.10 Å². The van der Waals surface area contributed by atoms with Crippen molar-refractivity contribution >= 4 is 11.6 Å². The van der Waals surface area contributed by atoms with Crippen LogP contribution in [0.2, 0.25) is 0 Å². The third-order valence-electron chi connectivity index (χ3n) is 4.16. The molecule has 4 aromatic rings. The second kappa shape index (κ2) is 7.89. The lowest BCUT2D eigenvalue weighted by Crippen LogP contribution is -2.14. The number of para-hydroxylation sites is 2. The molecule has 1 aromatic heterocycles. The van der Waals surface area contributed by atoms with Crippen molar-refractivity contribution in [1.29, 1.82) is 0 Å². The highest BCUT2D eigenvalue weighted by molar-refractivity contribution is 6.06. The summed E-state index contributed by atoms with van der Waals surface area (Å²) in [5, 5.41) is 13.8. The van der Waals surface area contributed by atoms with Gasteiger partial charge in [-0.1, -0.05) is 30.3 Å². The average molecular weight is 389 g/mol. The highest BCUT2D eigenvalue weighted by atomic mass is 19.1. The van der Waals surface area contributed by atoms with Crippen LogP contribution >= 0.6 is 0 Å². The zero-order valence-corrected chi connectivity index (χ0v) is 15.4. The molecule has 0 spiro atoms. The van der Waals surface area contributed by atoms with Gasteiger partial charge in [-0.3, -0.25) is 4.79 Å². The summed E-state index contributed by atoms with van der Waals surface area (Å²) in [5.41, 5.74) is 0.885. The first-order valence-electron chi connectivity index (χ1n) is 8.80. The summed E-state index contributed by atoms with van der Waals surface area (Å²) in [4.78, 5) is 12.8. The quantitative estimate of drug-likeness (QED) is 0.554. The zero-order valence-electron chi connectivity index (χ0n) is 15.4. The highest BCUT2D eigenvalue weighted by Crippen LogP contribution is 2.26. The van der Waals surface area contributed by atoms with Crippen LogP contribution in [0, 0.1) is 12.7 Å². The third kappa shape index (κ3) is 3.96. The number of aryl methyl sites for hydroxylation is 1. The van der Waals surface area contributed by atoms with Crippen LogP contribution in [0.3, 0.4) is 0 Å². The van der Waals surface area contributed by atoms with Crippen molar-refractivity contribution in [2.45, 2.75) is 6.92 Å². The highest BCUT2D eigenvalue weighted by Gasteiger charge is 2.15. The lowest BCUT2D eigenvalue weighted by molar-refractivity contribution is 0.102. The Morgan fingerprint density at radius 1 is 1.03 bits per heavy atom. The number of hydrogen-bond donors (Lipinski definition) is 1. The van der Waals surface area contributed by atoms with Crippen LogP contribution in [0.15, 0.2) is 72.8 Å². The molecule has 0 saturated carbocycles. The summed E-state index contributed by atoms with van der Waals surface area (Å²) in [6.07, 6.45) is 0. The molecule has 3 aromatic carbocycles. The van der Waals surface area contributed by atoms with E-state index in [-0.39, 0.29) is 11.6 Å². The minimum absolute atomic E-state index is 0.138. The molecular weight excluding hydrogens is 373 g/mol. The fourth-order valence-corrected chi connectivity index (χ4v) is 2.76. The van der Waals surface area contributed by atoms with E-state index in [1.165, 1.54) is 22.9 Å². The van der Waals surface area contributed by atoms with E-state index in [0.717, 1.165) is 0 Å². The maximum Gasteiger partial charge on any atom is 0.259 e. The molecule has 0 aliphatic carbocycles. The van der Waals surface area contributed by atoms with E-state index in [2.05, 4.69) is 20.8 Å². The van der Waals surface area contributed by atoms with E-state index < -0.39 is 5.82 Å². The fraction of sp³-hybridized carbons (Fsp3) is 0.0476. The summed E-state index contributed by atoms with van der Waals surface area (Å²) in [5.74, 6) is 0.559. The summed E-state index contributed by atoms with van der Waals surface area (Å²) < 4.78 is 21.3. The second-order valence-corrected chi connectivity index (χ2v) is 6.17. The van der Waals surface area contributed by atoms with E-state index in [1.54, 1.807) is 43.3 Å². The molecule has 0 saturated heterocycles. The molecule has 8 heteroatoms. The molecule has 7 nitrogen and oxygen atoms in total. The van der Waals surface area contributed by atoms with Gasteiger partial charge in [-0.2, -0.15) is 4.68 Å². The number of anilines is 1. The Bertz CT molecular complexity index is 1160. The predicted octanol–water partition coefficient (Wildman–Crippen LogP) is 4.15. The van der Waals surface area contributed by atoms with Crippen LogP contribution in [0.4, 0.5) is 10.1 Å². The van der Waals surface area contributed by atoms with E-state index in [0.29, 0.717) is 28.6 Å². The van der Waals surface area contributed by atoms with Crippen molar-refractivity contribution in [3.05, 3.63) is 90.0 Å². The Morgan fingerprint density at radius 2 is 1.79 bits per heavy atom. The van der Waals surface area contributed by atoms with Crippen LogP contribution < -0.4 is 10.1 Å². The van der Waals surface area contributed by atoms with Gasteiger partial charge in [0.05, 0.1) is 5.56 Å². The maximum atomic E-state index is 14.2. The number of carbonyl (C=O) groups is 1. The summed E-state index contributed by atoms with van der Waals surface area (Å²) in [6, 6.07) is 20.3. The number of benzene rings is 3. The van der Waals surface area contributed by atoms with E-state index in [4.69, 9.17) is 4.74 Å². The van der Waals surface area contributed by atoms with Crippen LogP contribution in [0.25, 0.3) is 5.69 Å². The molecular formula is C21H16FN5O2. The second-order valence-electron chi connectivity index (χ2n) is 6.17. The number of nitrogens with zero attached hydrogens (tertiary/aromatic N) is 4. The Kier molecular flexibility index (Phi) is 4.98. The smallest absolute Gasteiger partial charge is 0.259 e. The number of nitrogens with one attached hydrogen (secondary N) is 1. The number of halogens is 1. The molecule has 4 rings (SSSR count). The molecule has 0 fully saturated rings. The lowest BCUT2D eigenvalue weighted by Gasteiger charge is -2.12. The minimum Gasteiger partial charge on any atom is -0.457 e. The average Bonchev–Trinajstić information content (AvgIpc) is 3.16. The molecule has 0 unspecified atom stereocenters. The van der Waals surface area contributed by atoms with E-state index in [9.17, 15) is 9.18 Å². The normalized spacial score (nSPS) is 10.6. The van der Waals surface area contributed by atoms with Gasteiger partial charge in [0.15, 0.2) is 5.82 Å². The van der Waals surface area contributed by atoms with Gasteiger partial charge in [0, 0.05) is 5.69 Å². The molecule has 1 N–H and O–H groups in total. The largest absolute Gasteiger partial charge is 0.457 e. The first kappa shape index (κ1) is 18.3. The lowest BCUT2D eigenvalue weighted by atomic mass is 10.1.